The van der Waals surface area contributed by atoms with E-state index < -0.39 is 9.84 Å². The van der Waals surface area contributed by atoms with Crippen LogP contribution in [0.25, 0.3) is 28.3 Å². The summed E-state index contributed by atoms with van der Waals surface area (Å²) in [6.07, 6.45) is 7.82. The van der Waals surface area contributed by atoms with Gasteiger partial charge in [0.1, 0.15) is 0 Å². The maximum Gasteiger partial charge on any atom is 0.181 e. The molecule has 0 saturated carbocycles. The molecule has 0 fully saturated rings. The Balaban J connectivity index is 2.10. The monoisotopic (exact) mass is 341 g/mol. The lowest BCUT2D eigenvalue weighted by atomic mass is 10.0. The maximum atomic E-state index is 12.2. The predicted octanol–water partition coefficient (Wildman–Crippen LogP) is 0.980. The molecule has 0 aliphatic carbocycles. The van der Waals surface area contributed by atoms with Gasteiger partial charge in [-0.3, -0.25) is 9.38 Å². The number of hydrogen-bond acceptors (Lipinski definition) is 7. The summed E-state index contributed by atoms with van der Waals surface area (Å²) in [5.41, 5.74) is 2.42. The maximum absolute atomic E-state index is 12.2. The van der Waals surface area contributed by atoms with Gasteiger partial charge in [-0.1, -0.05) is 12.1 Å². The van der Waals surface area contributed by atoms with Crippen LogP contribution in [0, 0.1) is 0 Å². The molecule has 24 heavy (non-hydrogen) atoms. The van der Waals surface area contributed by atoms with Gasteiger partial charge < -0.3 is 0 Å². The van der Waals surface area contributed by atoms with Gasteiger partial charge in [-0.15, -0.1) is 5.10 Å². The fourth-order valence-electron chi connectivity index (χ4n) is 2.60. The van der Waals surface area contributed by atoms with Gasteiger partial charge in [0.15, 0.2) is 21.3 Å². The Kier molecular flexibility index (Phi) is 3.13. The van der Waals surface area contributed by atoms with E-state index in [4.69, 9.17) is 0 Å². The summed E-state index contributed by atoms with van der Waals surface area (Å²) in [7, 11) is -3.48. The molecule has 4 aromatic rings. The van der Waals surface area contributed by atoms with E-state index in [0.717, 1.165) is 6.26 Å². The van der Waals surface area contributed by atoms with Crippen LogP contribution in [-0.4, -0.2) is 49.7 Å². The summed E-state index contributed by atoms with van der Waals surface area (Å²) >= 11 is 0. The van der Waals surface area contributed by atoms with E-state index >= 15 is 0 Å². The molecular formula is C14H11N7O2S. The van der Waals surface area contributed by atoms with Gasteiger partial charge in [-0.05, 0) is 16.5 Å². The molecule has 3 aromatic heterocycles. The van der Waals surface area contributed by atoms with Crippen LogP contribution in [0.2, 0.25) is 0 Å². The second kappa shape index (κ2) is 5.20. The molecule has 0 radical (unpaired) electrons. The molecule has 0 saturated heterocycles. The largest absolute Gasteiger partial charge is 0.297 e. The number of sulfone groups is 1. The lowest BCUT2D eigenvalue weighted by Gasteiger charge is -2.11. The van der Waals surface area contributed by atoms with Gasteiger partial charge in [0.25, 0.3) is 0 Å². The second-order valence-electron chi connectivity index (χ2n) is 5.15. The molecular weight excluding hydrogens is 330 g/mol. The molecule has 1 aromatic carbocycles. The molecule has 0 bridgehead atoms. The molecule has 120 valence electrons. The van der Waals surface area contributed by atoms with Gasteiger partial charge in [-0.25, -0.2) is 18.5 Å². The Hall–Kier alpha value is -3.14. The number of rotatable bonds is 3. The van der Waals surface area contributed by atoms with Crippen molar-refractivity contribution in [2.75, 3.05) is 6.26 Å². The van der Waals surface area contributed by atoms with Crippen molar-refractivity contribution in [3.05, 3.63) is 43.0 Å². The van der Waals surface area contributed by atoms with Gasteiger partial charge >= 0.3 is 0 Å². The van der Waals surface area contributed by atoms with E-state index in [1.54, 1.807) is 36.9 Å². The van der Waals surface area contributed by atoms with Crippen LogP contribution in [0.3, 0.4) is 0 Å². The highest BCUT2D eigenvalue weighted by Gasteiger charge is 2.22. The molecule has 0 unspecified atom stereocenters. The van der Waals surface area contributed by atoms with Gasteiger partial charge in [-0.2, -0.15) is 0 Å². The van der Waals surface area contributed by atoms with Crippen LogP contribution < -0.4 is 0 Å². The zero-order valence-corrected chi connectivity index (χ0v) is 13.3. The Morgan fingerprint density at radius 3 is 2.83 bits per heavy atom. The zero-order chi connectivity index (χ0) is 16.7. The third-order valence-corrected chi connectivity index (χ3v) is 4.74. The highest BCUT2D eigenvalue weighted by Crippen LogP contribution is 2.35. The summed E-state index contributed by atoms with van der Waals surface area (Å²) in [6, 6.07) is 5.01. The average Bonchev–Trinajstić information content (AvgIpc) is 3.23. The predicted molar refractivity (Wildman–Crippen MR) is 84.7 cm³/mol. The van der Waals surface area contributed by atoms with Crippen LogP contribution >= 0.6 is 0 Å². The summed E-state index contributed by atoms with van der Waals surface area (Å²) < 4.78 is 26.3. The molecule has 3 heterocycles. The normalized spacial score (nSPS) is 11.9. The molecule has 0 aliphatic rings. The third-order valence-electron chi connectivity index (χ3n) is 3.60. The number of H-pyrrole nitrogens is 1. The average molecular weight is 341 g/mol. The SMILES string of the molecule is CS(=O)(=O)c1cccc(-c2cnc3cnccn23)c1-c1nnn[nH]1. The topological polar surface area (TPSA) is 119 Å². The summed E-state index contributed by atoms with van der Waals surface area (Å²) in [4.78, 5) is 8.47. The highest BCUT2D eigenvalue weighted by atomic mass is 32.2. The number of nitrogens with zero attached hydrogens (tertiary/aromatic N) is 6. The van der Waals surface area contributed by atoms with Gasteiger partial charge in [0.05, 0.1) is 23.0 Å². The van der Waals surface area contributed by atoms with E-state index in [9.17, 15) is 8.42 Å². The first kappa shape index (κ1) is 14.5. The van der Waals surface area contributed by atoms with Crippen LogP contribution in [-0.2, 0) is 9.84 Å². The van der Waals surface area contributed by atoms with E-state index in [0.29, 0.717) is 22.5 Å². The third kappa shape index (κ3) is 2.24. The zero-order valence-electron chi connectivity index (χ0n) is 12.4. The van der Waals surface area contributed by atoms with Crippen molar-refractivity contribution >= 4 is 15.5 Å². The minimum Gasteiger partial charge on any atom is -0.297 e. The van der Waals surface area contributed by atoms with Crippen LogP contribution in [0.1, 0.15) is 0 Å². The summed E-state index contributed by atoms with van der Waals surface area (Å²) in [5.74, 6) is 0.273. The number of tetrazole rings is 1. The van der Waals surface area contributed by atoms with Crippen LogP contribution in [0.15, 0.2) is 47.9 Å². The van der Waals surface area contributed by atoms with Crippen molar-refractivity contribution < 1.29 is 8.42 Å². The molecule has 9 nitrogen and oxygen atoms in total. The Labute approximate surface area is 136 Å². The van der Waals surface area contributed by atoms with E-state index in [2.05, 4.69) is 30.6 Å². The van der Waals surface area contributed by atoms with Crippen molar-refractivity contribution in [2.24, 2.45) is 0 Å². The standard InChI is InChI=1S/C14H11N7O2S/c1-24(22,23)11-4-2-3-9(13(11)14-17-19-20-18-14)10-7-16-12-8-15-5-6-21(10)12/h2-8H,1H3,(H,17,18,19,20). The lowest BCUT2D eigenvalue weighted by Crippen LogP contribution is -2.03. The molecule has 10 heteroatoms. The highest BCUT2D eigenvalue weighted by molar-refractivity contribution is 7.90. The summed E-state index contributed by atoms with van der Waals surface area (Å²) in [6.45, 7) is 0. The van der Waals surface area contributed by atoms with Gasteiger partial charge in [0.2, 0.25) is 0 Å². The van der Waals surface area contributed by atoms with E-state index in [-0.39, 0.29) is 10.7 Å². The van der Waals surface area contributed by atoms with Crippen molar-refractivity contribution in [2.45, 2.75) is 4.90 Å². The number of benzene rings is 1. The smallest absolute Gasteiger partial charge is 0.181 e. The van der Waals surface area contributed by atoms with E-state index in [1.807, 2.05) is 4.40 Å². The second-order valence-corrected chi connectivity index (χ2v) is 7.13. The Morgan fingerprint density at radius 1 is 1.21 bits per heavy atom. The van der Waals surface area contributed by atoms with E-state index in [1.165, 1.54) is 6.07 Å². The molecule has 4 rings (SSSR count). The molecule has 0 aliphatic heterocycles. The lowest BCUT2D eigenvalue weighted by molar-refractivity contribution is 0.602. The van der Waals surface area contributed by atoms with Crippen molar-refractivity contribution in [1.29, 1.82) is 0 Å². The molecule has 0 amide bonds. The molecule has 0 spiro atoms. The minimum absolute atomic E-state index is 0.141. The van der Waals surface area contributed by atoms with Crippen LogP contribution in [0.5, 0.6) is 0 Å². The number of fused-ring (bicyclic) bond motifs is 1. The fraction of sp³-hybridized carbons (Fsp3) is 0.0714. The van der Waals surface area contributed by atoms with Crippen molar-refractivity contribution in [1.82, 2.24) is 35.0 Å². The van der Waals surface area contributed by atoms with Crippen LogP contribution in [0.4, 0.5) is 0 Å². The Bertz CT molecular complexity index is 1130. The fourth-order valence-corrected chi connectivity index (χ4v) is 3.51. The quantitative estimate of drug-likeness (QED) is 0.590. The van der Waals surface area contributed by atoms with Gasteiger partial charge in [0, 0.05) is 29.8 Å². The number of nitrogens with one attached hydrogen (secondary N) is 1. The first-order valence-corrected chi connectivity index (χ1v) is 8.79. The molecule has 1 N–H and O–H groups in total. The number of aromatic amines is 1. The minimum atomic E-state index is -3.48. The first-order valence-electron chi connectivity index (χ1n) is 6.90. The Morgan fingerprint density at radius 2 is 2.08 bits per heavy atom. The number of hydrogen-bond donors (Lipinski definition) is 1. The van der Waals surface area contributed by atoms with Crippen molar-refractivity contribution in [3.63, 3.8) is 0 Å². The first-order chi connectivity index (χ1) is 11.6. The number of aromatic nitrogens is 7. The number of imidazole rings is 1. The summed E-state index contributed by atoms with van der Waals surface area (Å²) in [5, 5.41) is 13.6. The van der Waals surface area contributed by atoms with Crippen molar-refractivity contribution in [3.8, 4) is 22.6 Å². The molecule has 0 atom stereocenters.